The SMILES string of the molecule is O=C1CCCN1CCCNc1cc(-c2cccc3c2OCO3)cc(-c2cc(Cl)ccc2O)n1. The molecule has 1 fully saturated rings. The lowest BCUT2D eigenvalue weighted by molar-refractivity contribution is -0.127. The first-order valence-corrected chi connectivity index (χ1v) is 11.4. The summed E-state index contributed by atoms with van der Waals surface area (Å²) in [6.07, 6.45) is 2.40. The summed E-state index contributed by atoms with van der Waals surface area (Å²) >= 11 is 6.19. The number of anilines is 1. The monoisotopic (exact) mass is 465 g/mol. The number of halogens is 1. The number of aromatic hydroxyl groups is 1. The molecular weight excluding hydrogens is 442 g/mol. The summed E-state index contributed by atoms with van der Waals surface area (Å²) in [4.78, 5) is 18.5. The van der Waals surface area contributed by atoms with Gasteiger partial charge in [-0.05, 0) is 54.8 Å². The van der Waals surface area contributed by atoms with E-state index in [1.807, 2.05) is 35.2 Å². The van der Waals surface area contributed by atoms with E-state index in [1.54, 1.807) is 18.2 Å². The molecule has 0 spiro atoms. The zero-order valence-corrected chi connectivity index (χ0v) is 18.8. The molecule has 33 heavy (non-hydrogen) atoms. The van der Waals surface area contributed by atoms with Gasteiger partial charge in [0.1, 0.15) is 11.6 Å². The highest BCUT2D eigenvalue weighted by Gasteiger charge is 2.21. The van der Waals surface area contributed by atoms with Crippen molar-refractivity contribution in [2.75, 3.05) is 31.7 Å². The van der Waals surface area contributed by atoms with E-state index in [0.717, 1.165) is 37.1 Å². The van der Waals surface area contributed by atoms with Gasteiger partial charge in [0.2, 0.25) is 12.7 Å². The number of ether oxygens (including phenoxy) is 2. The Hall–Kier alpha value is -3.45. The minimum atomic E-state index is 0.0976. The first-order chi connectivity index (χ1) is 16.1. The molecule has 0 bridgehead atoms. The molecule has 1 amide bonds. The number of rotatable bonds is 7. The van der Waals surface area contributed by atoms with Gasteiger partial charge in [0, 0.05) is 42.2 Å². The number of phenolic OH excluding ortho intramolecular Hbond substituents is 1. The fourth-order valence-electron chi connectivity index (χ4n) is 4.21. The number of aromatic nitrogens is 1. The standard InChI is InChI=1S/C25H24ClN3O4/c26-17-7-8-21(30)19(14-17)20-12-16(18-4-1-5-22-25(18)33-15-32-22)13-23(28-20)27-9-3-11-29-10-2-6-24(29)31/h1,4-5,7-8,12-14,30H,2-3,6,9-11,15H2,(H,27,28). The summed E-state index contributed by atoms with van der Waals surface area (Å²) in [5, 5.41) is 14.3. The zero-order chi connectivity index (χ0) is 22.8. The highest BCUT2D eigenvalue weighted by Crippen LogP contribution is 2.43. The Morgan fingerprint density at radius 3 is 2.88 bits per heavy atom. The maximum Gasteiger partial charge on any atom is 0.231 e. The van der Waals surface area contributed by atoms with Crippen LogP contribution >= 0.6 is 11.6 Å². The topological polar surface area (TPSA) is 83.9 Å². The Bertz CT molecular complexity index is 1200. The Labute approximate surface area is 196 Å². The van der Waals surface area contributed by atoms with Gasteiger partial charge in [0.25, 0.3) is 0 Å². The van der Waals surface area contributed by atoms with Gasteiger partial charge in [-0.15, -0.1) is 0 Å². The van der Waals surface area contributed by atoms with Crippen LogP contribution in [0.25, 0.3) is 22.4 Å². The van der Waals surface area contributed by atoms with Crippen LogP contribution in [0, 0.1) is 0 Å². The fourth-order valence-corrected chi connectivity index (χ4v) is 4.38. The highest BCUT2D eigenvalue weighted by molar-refractivity contribution is 6.31. The zero-order valence-electron chi connectivity index (χ0n) is 18.0. The lowest BCUT2D eigenvalue weighted by Gasteiger charge is -2.16. The summed E-state index contributed by atoms with van der Waals surface area (Å²) in [5.41, 5.74) is 2.88. The molecule has 5 rings (SSSR count). The predicted octanol–water partition coefficient (Wildman–Crippen LogP) is 4.93. The van der Waals surface area contributed by atoms with Crippen molar-refractivity contribution in [1.82, 2.24) is 9.88 Å². The first-order valence-electron chi connectivity index (χ1n) is 11.0. The van der Waals surface area contributed by atoms with Crippen LogP contribution in [0.15, 0.2) is 48.5 Å². The second-order valence-corrected chi connectivity index (χ2v) is 8.53. The first kappa shape index (κ1) is 21.4. The number of pyridine rings is 1. The summed E-state index contributed by atoms with van der Waals surface area (Å²) in [7, 11) is 0. The number of fused-ring (bicyclic) bond motifs is 1. The van der Waals surface area contributed by atoms with Crippen LogP contribution in [0.4, 0.5) is 5.82 Å². The molecule has 0 unspecified atom stereocenters. The number of hydrogen-bond acceptors (Lipinski definition) is 6. The van der Waals surface area contributed by atoms with Crippen molar-refractivity contribution < 1.29 is 19.4 Å². The third-order valence-corrected chi connectivity index (χ3v) is 6.08. The van der Waals surface area contributed by atoms with E-state index in [2.05, 4.69) is 5.32 Å². The van der Waals surface area contributed by atoms with Crippen molar-refractivity contribution in [3.63, 3.8) is 0 Å². The summed E-state index contributed by atoms with van der Waals surface area (Å²) in [6, 6.07) is 14.5. The molecule has 2 aromatic carbocycles. The second kappa shape index (κ2) is 9.19. The maximum atomic E-state index is 11.8. The molecule has 0 aliphatic carbocycles. The Balaban J connectivity index is 1.45. The van der Waals surface area contributed by atoms with Gasteiger partial charge in [-0.3, -0.25) is 4.79 Å². The Morgan fingerprint density at radius 2 is 2.03 bits per heavy atom. The molecule has 1 aromatic heterocycles. The molecule has 170 valence electrons. The third-order valence-electron chi connectivity index (χ3n) is 5.85. The maximum absolute atomic E-state index is 11.8. The number of benzene rings is 2. The molecule has 2 aliphatic heterocycles. The van der Waals surface area contributed by atoms with Crippen LogP contribution in [0.5, 0.6) is 17.2 Å². The summed E-state index contributed by atoms with van der Waals surface area (Å²) < 4.78 is 11.2. The minimum Gasteiger partial charge on any atom is -0.507 e. The van der Waals surface area contributed by atoms with Gasteiger partial charge in [-0.25, -0.2) is 4.98 Å². The average molecular weight is 466 g/mol. The van der Waals surface area contributed by atoms with E-state index >= 15 is 0 Å². The average Bonchev–Trinajstić information content (AvgIpc) is 3.46. The molecule has 1 saturated heterocycles. The number of amides is 1. The Kier molecular flexibility index (Phi) is 5.96. The number of nitrogens with zero attached hydrogens (tertiary/aromatic N) is 2. The van der Waals surface area contributed by atoms with Crippen LogP contribution in [0.2, 0.25) is 5.02 Å². The second-order valence-electron chi connectivity index (χ2n) is 8.09. The van der Waals surface area contributed by atoms with Crippen molar-refractivity contribution in [3.8, 4) is 39.6 Å². The predicted molar refractivity (Wildman–Crippen MR) is 127 cm³/mol. The number of carbonyl (C=O) groups is 1. The van der Waals surface area contributed by atoms with Gasteiger partial charge in [-0.1, -0.05) is 23.7 Å². The molecule has 3 aromatic rings. The Morgan fingerprint density at radius 1 is 1.12 bits per heavy atom. The van der Waals surface area contributed by atoms with Crippen molar-refractivity contribution in [2.45, 2.75) is 19.3 Å². The van der Waals surface area contributed by atoms with Gasteiger partial charge >= 0.3 is 0 Å². The van der Waals surface area contributed by atoms with Crippen LogP contribution < -0.4 is 14.8 Å². The molecule has 2 aliphatic rings. The lowest BCUT2D eigenvalue weighted by atomic mass is 10.0. The number of carbonyl (C=O) groups excluding carboxylic acids is 1. The molecule has 0 saturated carbocycles. The van der Waals surface area contributed by atoms with E-state index < -0.39 is 0 Å². The van der Waals surface area contributed by atoms with Crippen molar-refractivity contribution in [3.05, 3.63) is 53.6 Å². The minimum absolute atomic E-state index is 0.0976. The van der Waals surface area contributed by atoms with Gasteiger partial charge in [0.05, 0.1) is 5.69 Å². The largest absolute Gasteiger partial charge is 0.507 e. The van der Waals surface area contributed by atoms with Crippen LogP contribution in [0.3, 0.4) is 0 Å². The van der Waals surface area contributed by atoms with E-state index in [0.29, 0.717) is 46.6 Å². The van der Waals surface area contributed by atoms with Gasteiger partial charge in [0.15, 0.2) is 11.5 Å². The molecule has 2 N–H and O–H groups in total. The normalized spacial score (nSPS) is 14.7. The van der Waals surface area contributed by atoms with E-state index in [-0.39, 0.29) is 18.4 Å². The van der Waals surface area contributed by atoms with Crippen LogP contribution in [0.1, 0.15) is 19.3 Å². The van der Waals surface area contributed by atoms with Crippen LogP contribution in [-0.4, -0.2) is 47.3 Å². The van der Waals surface area contributed by atoms with E-state index in [4.69, 9.17) is 26.1 Å². The quantitative estimate of drug-likeness (QED) is 0.481. The number of nitrogens with one attached hydrogen (secondary N) is 1. The molecule has 0 radical (unpaired) electrons. The molecule has 8 heteroatoms. The smallest absolute Gasteiger partial charge is 0.231 e. The van der Waals surface area contributed by atoms with Gasteiger partial charge < -0.3 is 24.8 Å². The summed E-state index contributed by atoms with van der Waals surface area (Å²) in [6.45, 7) is 2.41. The van der Waals surface area contributed by atoms with Gasteiger partial charge in [-0.2, -0.15) is 0 Å². The van der Waals surface area contributed by atoms with E-state index in [9.17, 15) is 9.90 Å². The number of phenols is 1. The van der Waals surface area contributed by atoms with Crippen molar-refractivity contribution in [2.24, 2.45) is 0 Å². The third kappa shape index (κ3) is 4.54. The van der Waals surface area contributed by atoms with Crippen molar-refractivity contribution >= 4 is 23.3 Å². The lowest BCUT2D eigenvalue weighted by Crippen LogP contribution is -2.27. The highest BCUT2D eigenvalue weighted by atomic mass is 35.5. The fraction of sp³-hybridized carbons (Fsp3) is 0.280. The molecule has 3 heterocycles. The summed E-state index contributed by atoms with van der Waals surface area (Å²) in [5.74, 6) is 2.37. The number of hydrogen-bond donors (Lipinski definition) is 2. The van der Waals surface area contributed by atoms with Crippen molar-refractivity contribution in [1.29, 1.82) is 0 Å². The molecule has 0 atom stereocenters. The molecule has 7 nitrogen and oxygen atoms in total. The number of para-hydroxylation sites is 1. The van der Waals surface area contributed by atoms with E-state index in [1.165, 1.54) is 0 Å². The molecular formula is C25H24ClN3O4. The van der Waals surface area contributed by atoms with Crippen LogP contribution in [-0.2, 0) is 4.79 Å². The number of likely N-dealkylation sites (tertiary alicyclic amines) is 1.